The van der Waals surface area contributed by atoms with Crippen molar-refractivity contribution in [2.75, 3.05) is 4.90 Å². The van der Waals surface area contributed by atoms with Gasteiger partial charge >= 0.3 is 6.09 Å². The molecule has 0 saturated heterocycles. The lowest BCUT2D eigenvalue weighted by molar-refractivity contribution is -0.129. The van der Waals surface area contributed by atoms with Gasteiger partial charge in [0.05, 0.1) is 5.69 Å². The summed E-state index contributed by atoms with van der Waals surface area (Å²) in [7, 11) is 0. The van der Waals surface area contributed by atoms with Crippen molar-refractivity contribution in [3.05, 3.63) is 102 Å². The summed E-state index contributed by atoms with van der Waals surface area (Å²) in [5, 5.41) is 2.58. The van der Waals surface area contributed by atoms with Crippen LogP contribution in [-0.2, 0) is 19.9 Å². The molecule has 1 aliphatic heterocycles. The summed E-state index contributed by atoms with van der Waals surface area (Å²) < 4.78 is 5.51. The van der Waals surface area contributed by atoms with Gasteiger partial charge in [-0.05, 0) is 38.0 Å². The summed E-state index contributed by atoms with van der Waals surface area (Å²) >= 11 is 0. The molecule has 0 spiro atoms. The van der Waals surface area contributed by atoms with E-state index in [0.29, 0.717) is 22.5 Å². The zero-order valence-corrected chi connectivity index (χ0v) is 20.3. The molecule has 3 aromatic rings. The van der Waals surface area contributed by atoms with Crippen LogP contribution in [0.3, 0.4) is 0 Å². The number of hydrogen-bond acceptors (Lipinski definition) is 5. The largest absolute Gasteiger partial charge is 0.442 e. The van der Waals surface area contributed by atoms with Gasteiger partial charge in [-0.2, -0.15) is 0 Å². The van der Waals surface area contributed by atoms with Gasteiger partial charge in [0.15, 0.2) is 0 Å². The first-order valence-corrected chi connectivity index (χ1v) is 11.6. The molecule has 0 bridgehead atoms. The first kappa shape index (κ1) is 24.7. The number of carbonyl (C=O) groups is 3. The van der Waals surface area contributed by atoms with Crippen LogP contribution in [0.15, 0.2) is 89.9 Å². The average Bonchev–Trinajstić information content (AvgIpc) is 2.98. The Labute approximate surface area is 209 Å². The van der Waals surface area contributed by atoms with Crippen molar-refractivity contribution in [1.29, 1.82) is 0 Å². The molecule has 3 amide bonds. The van der Waals surface area contributed by atoms with Crippen molar-refractivity contribution >= 4 is 29.3 Å². The number of benzene rings is 3. The van der Waals surface area contributed by atoms with E-state index < -0.39 is 35.7 Å². The molecule has 0 fully saturated rings. The molecular weight excluding hydrogens is 456 g/mol. The van der Waals surface area contributed by atoms with Crippen LogP contribution in [-0.4, -0.2) is 29.8 Å². The minimum absolute atomic E-state index is 0.462. The molecule has 0 saturated carbocycles. The second kappa shape index (κ2) is 10.0. The van der Waals surface area contributed by atoms with Crippen LogP contribution in [0.2, 0.25) is 0 Å². The number of hydrogen-bond donors (Lipinski definition) is 2. The molecule has 0 aliphatic carbocycles. The number of aliphatic imine (C=N–C) groups is 1. The third-order valence-electron chi connectivity index (χ3n) is 6.38. The lowest BCUT2D eigenvalue weighted by Gasteiger charge is -2.40. The summed E-state index contributed by atoms with van der Waals surface area (Å²) in [4.78, 5) is 45.6. The summed E-state index contributed by atoms with van der Waals surface area (Å²) in [5.74, 6) is -1.34. The molecule has 36 heavy (non-hydrogen) atoms. The maximum Gasteiger partial charge on any atom is 0.409 e. The van der Waals surface area contributed by atoms with Crippen LogP contribution < -0.4 is 16.0 Å². The Kier molecular flexibility index (Phi) is 6.87. The topological polar surface area (TPSA) is 114 Å². The first-order chi connectivity index (χ1) is 17.2. The first-order valence-electron chi connectivity index (χ1n) is 11.6. The predicted molar refractivity (Wildman–Crippen MR) is 137 cm³/mol. The lowest BCUT2D eigenvalue weighted by atomic mass is 9.87. The molecule has 8 nitrogen and oxygen atoms in total. The van der Waals surface area contributed by atoms with Gasteiger partial charge < -0.3 is 10.5 Å². The zero-order valence-electron chi connectivity index (χ0n) is 20.3. The van der Waals surface area contributed by atoms with Gasteiger partial charge in [-0.3, -0.25) is 24.8 Å². The molecule has 1 aliphatic rings. The highest BCUT2D eigenvalue weighted by Crippen LogP contribution is 2.37. The number of nitrogens with zero attached hydrogens (tertiary/aromatic N) is 2. The lowest BCUT2D eigenvalue weighted by Crippen LogP contribution is -2.60. The number of ether oxygens (including phenoxy) is 1. The van der Waals surface area contributed by atoms with E-state index in [0.717, 1.165) is 5.56 Å². The fraction of sp³-hybridized carbons (Fsp3) is 0.214. The number of nitrogens with two attached hydrogens (primary N) is 1. The zero-order chi connectivity index (χ0) is 25.9. The van der Waals surface area contributed by atoms with Gasteiger partial charge in [0.1, 0.15) is 11.6 Å². The third-order valence-corrected chi connectivity index (χ3v) is 6.38. The number of amides is 3. The fourth-order valence-corrected chi connectivity index (χ4v) is 4.33. The Hall–Kier alpha value is -4.46. The number of nitrogens with one attached hydrogen (secondary N) is 1. The van der Waals surface area contributed by atoms with E-state index in [4.69, 9.17) is 10.5 Å². The van der Waals surface area contributed by atoms with Crippen molar-refractivity contribution < 1.29 is 19.1 Å². The third kappa shape index (κ3) is 4.57. The van der Waals surface area contributed by atoms with Crippen LogP contribution in [0.1, 0.15) is 43.6 Å². The normalized spacial score (nSPS) is 17.6. The number of alkyl carbamates (subject to hydrolysis) is 1. The number of rotatable bonds is 6. The van der Waals surface area contributed by atoms with Gasteiger partial charge in [-0.1, -0.05) is 78.9 Å². The molecule has 184 valence electrons. The van der Waals surface area contributed by atoms with E-state index in [-0.39, 0.29) is 0 Å². The molecule has 0 radical (unpaired) electrons. The van der Waals surface area contributed by atoms with Gasteiger partial charge in [0.25, 0.3) is 5.91 Å². The molecule has 3 atom stereocenters. The summed E-state index contributed by atoms with van der Waals surface area (Å²) in [6, 6.07) is 25.2. The molecular formula is C28H28N4O4. The predicted octanol–water partition coefficient (Wildman–Crippen LogP) is 4.06. The van der Waals surface area contributed by atoms with E-state index >= 15 is 0 Å². The monoisotopic (exact) mass is 484 g/mol. The molecule has 8 heteroatoms. The number of anilines is 1. The second-order valence-corrected chi connectivity index (χ2v) is 8.71. The number of para-hydroxylation sites is 1. The number of primary amides is 1. The van der Waals surface area contributed by atoms with Crippen molar-refractivity contribution in [3.8, 4) is 0 Å². The highest BCUT2D eigenvalue weighted by atomic mass is 16.6. The number of carbonyl (C=O) groups excluding carboxylic acids is 3. The molecule has 2 unspecified atom stereocenters. The van der Waals surface area contributed by atoms with E-state index in [2.05, 4.69) is 10.3 Å². The maximum absolute atomic E-state index is 14.0. The van der Waals surface area contributed by atoms with E-state index in [1.165, 1.54) is 4.90 Å². The smallest absolute Gasteiger partial charge is 0.409 e. The van der Waals surface area contributed by atoms with Crippen molar-refractivity contribution in [2.24, 2.45) is 10.7 Å². The van der Waals surface area contributed by atoms with Crippen molar-refractivity contribution in [1.82, 2.24) is 5.32 Å². The van der Waals surface area contributed by atoms with Crippen LogP contribution in [0.5, 0.6) is 0 Å². The molecule has 4 rings (SSSR count). The van der Waals surface area contributed by atoms with Gasteiger partial charge in [0, 0.05) is 11.3 Å². The number of benzodiazepines with no additional fused rings is 1. The van der Waals surface area contributed by atoms with E-state index in [1.54, 1.807) is 63.2 Å². The molecule has 3 N–H and O–H groups in total. The van der Waals surface area contributed by atoms with Crippen LogP contribution in [0.4, 0.5) is 10.5 Å². The minimum atomic E-state index is -1.56. The Morgan fingerprint density at radius 3 is 2.22 bits per heavy atom. The maximum atomic E-state index is 14.0. The second-order valence-electron chi connectivity index (χ2n) is 8.71. The van der Waals surface area contributed by atoms with Crippen LogP contribution in [0.25, 0.3) is 0 Å². The van der Waals surface area contributed by atoms with Gasteiger partial charge in [-0.15, -0.1) is 0 Å². The highest BCUT2D eigenvalue weighted by molar-refractivity contribution is 6.15. The average molecular weight is 485 g/mol. The highest BCUT2D eigenvalue weighted by Gasteiger charge is 2.47. The van der Waals surface area contributed by atoms with Gasteiger partial charge in [-0.25, -0.2) is 4.79 Å². The quantitative estimate of drug-likeness (QED) is 0.549. The minimum Gasteiger partial charge on any atom is -0.442 e. The van der Waals surface area contributed by atoms with Crippen LogP contribution >= 0.6 is 0 Å². The van der Waals surface area contributed by atoms with E-state index in [1.807, 2.05) is 42.5 Å². The molecule has 1 heterocycles. The summed E-state index contributed by atoms with van der Waals surface area (Å²) in [6.07, 6.45) is -2.70. The Morgan fingerprint density at radius 2 is 1.58 bits per heavy atom. The standard InChI is InChI=1S/C28H28N4O4/c1-18-22-16-10-11-17-23(22)32(28(3,26(29)34)21-14-8-5-9-15-21)25(33)24(30-18)31-27(35)36-19(2)20-12-6-4-7-13-20/h4-17,19,24H,1-3H3,(H2,29,34)(H,31,35)/t19?,24-,28?/m0/s1. The van der Waals surface area contributed by atoms with Crippen molar-refractivity contribution in [2.45, 2.75) is 38.6 Å². The summed E-state index contributed by atoms with van der Waals surface area (Å²) in [6.45, 7) is 5.07. The van der Waals surface area contributed by atoms with E-state index in [9.17, 15) is 14.4 Å². The van der Waals surface area contributed by atoms with Crippen LogP contribution in [0, 0.1) is 0 Å². The Balaban J connectivity index is 1.73. The Morgan fingerprint density at radius 1 is 1.00 bits per heavy atom. The summed E-state index contributed by atoms with van der Waals surface area (Å²) in [5.41, 5.74) is 7.33. The van der Waals surface area contributed by atoms with Crippen molar-refractivity contribution in [3.63, 3.8) is 0 Å². The van der Waals surface area contributed by atoms with Gasteiger partial charge in [0.2, 0.25) is 12.1 Å². The SMILES string of the molecule is CC1=N[C@@H](NC(=O)OC(C)c2ccccc2)C(=O)N(C(C)(C(N)=O)c2ccccc2)c2ccccc21. The Bertz CT molecular complexity index is 1310. The molecule has 0 aromatic heterocycles. The molecule has 3 aromatic carbocycles. The number of fused-ring (bicyclic) bond motifs is 1. The fourth-order valence-electron chi connectivity index (χ4n) is 4.33.